The highest BCUT2D eigenvalue weighted by atomic mass is 35.5. The van der Waals surface area contributed by atoms with Crippen LogP contribution in [0.2, 0.25) is 5.02 Å². The van der Waals surface area contributed by atoms with Gasteiger partial charge in [-0.15, -0.1) is 0 Å². The molecule has 0 saturated heterocycles. The average molecular weight is 484 g/mol. The van der Waals surface area contributed by atoms with E-state index in [9.17, 15) is 19.2 Å². The summed E-state index contributed by atoms with van der Waals surface area (Å²) in [5, 5.41) is 3.50. The van der Waals surface area contributed by atoms with Crippen molar-refractivity contribution in [2.24, 2.45) is 0 Å². The molecule has 4 amide bonds. The van der Waals surface area contributed by atoms with Gasteiger partial charge in [-0.2, -0.15) is 0 Å². The van der Waals surface area contributed by atoms with E-state index in [0.29, 0.717) is 22.6 Å². The van der Waals surface area contributed by atoms with Crippen LogP contribution in [0, 0.1) is 0 Å². The Morgan fingerprint density at radius 2 is 1.56 bits per heavy atom. The van der Waals surface area contributed by atoms with E-state index in [4.69, 9.17) is 11.6 Å². The molecule has 1 aliphatic rings. The molecule has 1 heterocycles. The van der Waals surface area contributed by atoms with Crippen molar-refractivity contribution in [3.63, 3.8) is 0 Å². The van der Waals surface area contributed by atoms with Gasteiger partial charge in [0.25, 0.3) is 11.8 Å². The molecule has 1 aliphatic heterocycles. The van der Waals surface area contributed by atoms with Crippen LogP contribution in [-0.2, 0) is 16.1 Å². The van der Waals surface area contributed by atoms with Crippen LogP contribution in [0.25, 0.3) is 0 Å². The van der Waals surface area contributed by atoms with Crippen molar-refractivity contribution in [2.75, 3.05) is 6.54 Å². The summed E-state index contributed by atoms with van der Waals surface area (Å²) >= 11 is 5.98. The predicted molar refractivity (Wildman–Crippen MR) is 130 cm³/mol. The minimum atomic E-state index is -0.707. The van der Waals surface area contributed by atoms with Crippen molar-refractivity contribution < 1.29 is 19.2 Å². The van der Waals surface area contributed by atoms with Crippen LogP contribution in [-0.4, -0.2) is 51.6 Å². The van der Waals surface area contributed by atoms with E-state index in [1.54, 1.807) is 43.3 Å². The fourth-order valence-corrected chi connectivity index (χ4v) is 3.94. The van der Waals surface area contributed by atoms with Crippen LogP contribution >= 0.6 is 11.6 Å². The first-order chi connectivity index (χ1) is 16.0. The summed E-state index contributed by atoms with van der Waals surface area (Å²) in [5.41, 5.74) is 1.17. The van der Waals surface area contributed by atoms with Gasteiger partial charge in [0.05, 0.1) is 11.1 Å². The second-order valence-electron chi connectivity index (χ2n) is 9.47. The Labute approximate surface area is 205 Å². The van der Waals surface area contributed by atoms with Gasteiger partial charge >= 0.3 is 0 Å². The van der Waals surface area contributed by atoms with Crippen LogP contribution in [0.4, 0.5) is 0 Å². The highest BCUT2D eigenvalue weighted by Gasteiger charge is 2.35. The Morgan fingerprint density at radius 3 is 2.09 bits per heavy atom. The Balaban J connectivity index is 1.68. The maximum absolute atomic E-state index is 13.2. The molecular weight excluding hydrogens is 454 g/mol. The second-order valence-corrected chi connectivity index (χ2v) is 9.91. The largest absolute Gasteiger partial charge is 0.350 e. The summed E-state index contributed by atoms with van der Waals surface area (Å²) in [6, 6.07) is 13.1. The van der Waals surface area contributed by atoms with Gasteiger partial charge in [0.15, 0.2) is 0 Å². The summed E-state index contributed by atoms with van der Waals surface area (Å²) in [5.74, 6) is -1.17. The molecule has 2 aromatic rings. The number of carbonyl (C=O) groups excluding carboxylic acids is 4. The zero-order chi connectivity index (χ0) is 25.0. The van der Waals surface area contributed by atoms with E-state index in [1.165, 1.54) is 9.80 Å². The van der Waals surface area contributed by atoms with Crippen molar-refractivity contribution >= 4 is 35.2 Å². The van der Waals surface area contributed by atoms with E-state index in [1.807, 2.05) is 32.9 Å². The topological polar surface area (TPSA) is 86.8 Å². The first-order valence-corrected chi connectivity index (χ1v) is 11.7. The minimum Gasteiger partial charge on any atom is -0.350 e. The fraction of sp³-hybridized carbons (Fsp3) is 0.385. The summed E-state index contributed by atoms with van der Waals surface area (Å²) in [6.07, 6.45) is 0.392. The molecule has 0 bridgehead atoms. The molecule has 1 atom stereocenters. The third kappa shape index (κ3) is 6.03. The maximum Gasteiger partial charge on any atom is 0.261 e. The molecule has 34 heavy (non-hydrogen) atoms. The quantitative estimate of drug-likeness (QED) is 0.574. The summed E-state index contributed by atoms with van der Waals surface area (Å²) in [6.45, 7) is 7.71. The molecule has 0 spiro atoms. The van der Waals surface area contributed by atoms with E-state index in [0.717, 1.165) is 5.56 Å². The third-order valence-electron chi connectivity index (χ3n) is 5.58. The van der Waals surface area contributed by atoms with Gasteiger partial charge in [0.1, 0.15) is 6.04 Å². The number of hydrogen-bond donors (Lipinski definition) is 1. The van der Waals surface area contributed by atoms with E-state index in [-0.39, 0.29) is 43.1 Å². The van der Waals surface area contributed by atoms with Gasteiger partial charge in [-0.1, -0.05) is 35.9 Å². The third-order valence-corrected chi connectivity index (χ3v) is 5.83. The summed E-state index contributed by atoms with van der Waals surface area (Å²) < 4.78 is 0. The van der Waals surface area contributed by atoms with Crippen LogP contribution in [0.5, 0.6) is 0 Å². The van der Waals surface area contributed by atoms with Crippen molar-refractivity contribution in [3.8, 4) is 0 Å². The zero-order valence-corrected chi connectivity index (χ0v) is 20.7. The van der Waals surface area contributed by atoms with Crippen LogP contribution in [0.1, 0.15) is 66.8 Å². The Kier molecular flexibility index (Phi) is 7.77. The molecule has 7 nitrogen and oxygen atoms in total. The molecule has 0 saturated carbocycles. The Bertz CT molecular complexity index is 1060. The lowest BCUT2D eigenvalue weighted by molar-refractivity contribution is -0.141. The smallest absolute Gasteiger partial charge is 0.261 e. The Hall–Kier alpha value is -3.19. The molecule has 1 N–H and O–H groups in total. The number of nitrogens with zero attached hydrogens (tertiary/aromatic N) is 2. The van der Waals surface area contributed by atoms with E-state index in [2.05, 4.69) is 5.32 Å². The summed E-state index contributed by atoms with van der Waals surface area (Å²) in [4.78, 5) is 53.9. The molecule has 2 aromatic carbocycles. The number of halogens is 1. The first-order valence-electron chi connectivity index (χ1n) is 11.3. The van der Waals surface area contributed by atoms with Gasteiger partial charge < -0.3 is 10.2 Å². The fourth-order valence-electron chi connectivity index (χ4n) is 3.82. The lowest BCUT2D eigenvalue weighted by atomic mass is 10.1. The number of imide groups is 1. The molecule has 0 radical (unpaired) electrons. The van der Waals surface area contributed by atoms with Gasteiger partial charge in [0.2, 0.25) is 11.8 Å². The monoisotopic (exact) mass is 483 g/mol. The normalized spacial score (nSPS) is 14.1. The lowest BCUT2D eigenvalue weighted by Gasteiger charge is -2.31. The van der Waals surface area contributed by atoms with E-state index < -0.39 is 11.6 Å². The number of carbonyl (C=O) groups is 4. The molecule has 3 rings (SSSR count). The highest BCUT2D eigenvalue weighted by molar-refractivity contribution is 6.30. The predicted octanol–water partition coefficient (Wildman–Crippen LogP) is 4.05. The van der Waals surface area contributed by atoms with Gasteiger partial charge in [-0.3, -0.25) is 24.1 Å². The molecule has 0 aromatic heterocycles. The van der Waals surface area contributed by atoms with Crippen molar-refractivity contribution in [1.82, 2.24) is 15.1 Å². The molecule has 8 heteroatoms. The van der Waals surface area contributed by atoms with Crippen LogP contribution in [0.15, 0.2) is 48.5 Å². The van der Waals surface area contributed by atoms with Crippen molar-refractivity contribution in [1.29, 1.82) is 0 Å². The average Bonchev–Trinajstić information content (AvgIpc) is 3.02. The minimum absolute atomic E-state index is 0.0914. The molecule has 180 valence electrons. The van der Waals surface area contributed by atoms with Crippen LogP contribution in [0.3, 0.4) is 0 Å². The number of benzene rings is 2. The molecular formula is C26H30ClN3O4. The first kappa shape index (κ1) is 25.4. The number of hydrogen-bond acceptors (Lipinski definition) is 4. The number of nitrogens with one attached hydrogen (secondary N) is 1. The highest BCUT2D eigenvalue weighted by Crippen LogP contribution is 2.23. The standard InChI is InChI=1S/C26H30ClN3O4/c1-17(23(32)28-26(2,3)4)30(16-18-11-13-19(27)14-12-18)22(31)10-7-15-29-24(33)20-8-5-6-9-21(20)25(29)34/h5-6,8-9,11-14,17H,7,10,15-16H2,1-4H3,(H,28,32). The molecule has 0 aliphatic carbocycles. The number of amides is 4. The second kappa shape index (κ2) is 10.4. The SMILES string of the molecule is CC(C(=O)NC(C)(C)C)N(Cc1ccc(Cl)cc1)C(=O)CCCN1C(=O)c2ccccc2C1=O. The van der Waals surface area contributed by atoms with Crippen molar-refractivity contribution in [3.05, 3.63) is 70.2 Å². The van der Waals surface area contributed by atoms with Gasteiger partial charge in [0, 0.05) is 30.1 Å². The molecule has 0 fully saturated rings. The van der Waals surface area contributed by atoms with Crippen LogP contribution < -0.4 is 5.32 Å². The molecule has 1 unspecified atom stereocenters. The van der Waals surface area contributed by atoms with Gasteiger partial charge in [-0.25, -0.2) is 0 Å². The lowest BCUT2D eigenvalue weighted by Crippen LogP contribution is -2.52. The van der Waals surface area contributed by atoms with E-state index >= 15 is 0 Å². The number of rotatable bonds is 8. The maximum atomic E-state index is 13.2. The summed E-state index contributed by atoms with van der Waals surface area (Å²) in [7, 11) is 0. The number of fused-ring (bicyclic) bond motifs is 1. The Morgan fingerprint density at radius 1 is 1.00 bits per heavy atom. The van der Waals surface area contributed by atoms with Crippen molar-refractivity contribution in [2.45, 2.75) is 58.7 Å². The zero-order valence-electron chi connectivity index (χ0n) is 19.9. The van der Waals surface area contributed by atoms with Gasteiger partial charge in [-0.05, 0) is 63.9 Å².